The van der Waals surface area contributed by atoms with Crippen LogP contribution in [0, 0.1) is 29.1 Å². The van der Waals surface area contributed by atoms with E-state index < -0.39 is 6.04 Å². The molecule has 3 fully saturated rings. The quantitative estimate of drug-likeness (QED) is 0.112. The molecule has 0 unspecified atom stereocenters. The van der Waals surface area contributed by atoms with E-state index in [-0.39, 0.29) is 18.0 Å². The number of aliphatic imine (C=N–C) groups is 1. The molecular formula is C33H56N4O2. The predicted molar refractivity (Wildman–Crippen MR) is 163 cm³/mol. The summed E-state index contributed by atoms with van der Waals surface area (Å²) in [5.74, 6) is 2.87. The van der Waals surface area contributed by atoms with Gasteiger partial charge in [-0.2, -0.15) is 0 Å². The van der Waals surface area contributed by atoms with Crippen molar-refractivity contribution in [3.63, 3.8) is 0 Å². The number of rotatable bonds is 12. The van der Waals surface area contributed by atoms with Crippen molar-refractivity contribution in [2.75, 3.05) is 6.54 Å². The van der Waals surface area contributed by atoms with Gasteiger partial charge < -0.3 is 21.9 Å². The van der Waals surface area contributed by atoms with Crippen LogP contribution in [0.4, 0.5) is 0 Å². The highest BCUT2D eigenvalue weighted by Gasteiger charge is 2.50. The number of fused-ring (bicyclic) bond motifs is 1. The number of hydrogen-bond acceptors (Lipinski definition) is 4. The molecule has 0 radical (unpaired) electrons. The number of guanidine groups is 1. The second-order valence-corrected chi connectivity index (χ2v) is 13.3. The van der Waals surface area contributed by atoms with Crippen LogP contribution >= 0.6 is 0 Å². The molecule has 6 heteroatoms. The van der Waals surface area contributed by atoms with E-state index in [1.165, 1.54) is 62.5 Å². The van der Waals surface area contributed by atoms with Gasteiger partial charge in [0.05, 0.1) is 0 Å². The molecule has 39 heavy (non-hydrogen) atoms. The minimum atomic E-state index is -0.651. The average molecular weight is 541 g/mol. The van der Waals surface area contributed by atoms with Gasteiger partial charge in [-0.1, -0.05) is 76.8 Å². The summed E-state index contributed by atoms with van der Waals surface area (Å²) >= 11 is 0. The van der Waals surface area contributed by atoms with Gasteiger partial charge in [0.15, 0.2) is 5.96 Å². The molecule has 0 saturated heterocycles. The van der Waals surface area contributed by atoms with Crippen LogP contribution in [0.15, 0.2) is 40.4 Å². The molecule has 0 aromatic carbocycles. The summed E-state index contributed by atoms with van der Waals surface area (Å²) < 4.78 is 5.82. The normalized spacial score (nSPS) is 30.8. The Morgan fingerprint density at radius 2 is 1.87 bits per heavy atom. The first-order chi connectivity index (χ1) is 18.5. The molecule has 3 rings (SSSR count). The van der Waals surface area contributed by atoms with Crippen molar-refractivity contribution in [3.8, 4) is 0 Å². The van der Waals surface area contributed by atoms with Crippen molar-refractivity contribution in [1.82, 2.24) is 0 Å². The third-order valence-corrected chi connectivity index (χ3v) is 9.89. The zero-order chi connectivity index (χ0) is 28.6. The fourth-order valence-corrected chi connectivity index (χ4v) is 7.63. The summed E-state index contributed by atoms with van der Waals surface area (Å²) in [6.07, 6.45) is 18.7. The fourth-order valence-electron chi connectivity index (χ4n) is 7.63. The predicted octanol–water partition coefficient (Wildman–Crippen LogP) is 6.55. The fraction of sp³-hybridized carbons (Fsp3) is 0.758. The molecule has 3 saturated carbocycles. The third-order valence-electron chi connectivity index (χ3n) is 9.89. The van der Waals surface area contributed by atoms with E-state index in [2.05, 4.69) is 51.4 Å². The monoisotopic (exact) mass is 540 g/mol. The molecule has 6 N–H and O–H groups in total. The average Bonchev–Trinajstić information content (AvgIpc) is 3.24. The lowest BCUT2D eigenvalue weighted by molar-refractivity contribution is -0.151. The lowest BCUT2D eigenvalue weighted by Crippen LogP contribution is -2.36. The number of hydrogen-bond donors (Lipinski definition) is 3. The number of carbonyl (C=O) groups is 1. The van der Waals surface area contributed by atoms with E-state index in [0.717, 1.165) is 30.6 Å². The Balaban J connectivity index is 1.59. The summed E-state index contributed by atoms with van der Waals surface area (Å²) in [6.45, 7) is 14.6. The van der Waals surface area contributed by atoms with E-state index in [1.54, 1.807) is 5.57 Å². The molecule has 220 valence electrons. The van der Waals surface area contributed by atoms with Crippen molar-refractivity contribution in [2.45, 2.75) is 123 Å². The maximum absolute atomic E-state index is 12.6. The van der Waals surface area contributed by atoms with Crippen molar-refractivity contribution in [2.24, 2.45) is 51.3 Å². The molecule has 0 spiro atoms. The minimum absolute atomic E-state index is 0.0557. The van der Waals surface area contributed by atoms with Gasteiger partial charge in [-0.05, 0) is 92.4 Å². The van der Waals surface area contributed by atoms with Crippen LogP contribution in [0.2, 0.25) is 0 Å². The van der Waals surface area contributed by atoms with Gasteiger partial charge in [0.25, 0.3) is 0 Å². The van der Waals surface area contributed by atoms with Crippen LogP contribution in [0.5, 0.6) is 0 Å². The number of nitrogens with two attached hydrogens (primary N) is 3. The van der Waals surface area contributed by atoms with Crippen LogP contribution in [-0.2, 0) is 9.53 Å². The van der Waals surface area contributed by atoms with Crippen molar-refractivity contribution in [3.05, 3.63) is 35.5 Å². The van der Waals surface area contributed by atoms with Gasteiger partial charge in [0.1, 0.15) is 12.1 Å². The topological polar surface area (TPSA) is 117 Å². The largest absolute Gasteiger partial charge is 0.461 e. The van der Waals surface area contributed by atoms with Crippen molar-refractivity contribution in [1.29, 1.82) is 0 Å². The summed E-state index contributed by atoms with van der Waals surface area (Å²) in [7, 11) is 0. The van der Waals surface area contributed by atoms with E-state index in [1.807, 2.05) is 0 Å². The standard InChI is InChI=1S/C33H56N4O2/c1-22(2)9-6-10-24(4)28-17-18-29-25(11-7-19-33(28,29)5)14-15-26-21-27(16-13-23(26)3)39-31(38)30(34)12-8-20-37-32(35)36/h14-15,22,24,27-30H,3,6-13,16-21,34H2,1-2,4-5H3,(H4,35,36,37)/b25-14+,26-15-/t24-,27+,28-,29+,30-,33-/m1/s1. The number of ether oxygens (including phenoxy) is 1. The first-order valence-corrected chi connectivity index (χ1v) is 15.6. The highest BCUT2D eigenvalue weighted by molar-refractivity contribution is 5.76. The zero-order valence-corrected chi connectivity index (χ0v) is 25.2. The molecule has 3 aliphatic carbocycles. The number of allylic oxidation sites excluding steroid dienone is 4. The molecule has 6 nitrogen and oxygen atoms in total. The van der Waals surface area contributed by atoms with E-state index in [0.29, 0.717) is 37.1 Å². The summed E-state index contributed by atoms with van der Waals surface area (Å²) in [5, 5.41) is 0. The lowest BCUT2D eigenvalue weighted by atomic mass is 9.60. The van der Waals surface area contributed by atoms with Gasteiger partial charge in [0.2, 0.25) is 0 Å². The highest BCUT2D eigenvalue weighted by Crippen LogP contribution is 2.60. The molecule has 0 heterocycles. The Bertz CT molecular complexity index is 932. The number of nitrogens with zero attached hydrogens (tertiary/aromatic N) is 1. The van der Waals surface area contributed by atoms with Gasteiger partial charge in [-0.15, -0.1) is 0 Å². The van der Waals surface area contributed by atoms with E-state index in [9.17, 15) is 4.79 Å². The summed E-state index contributed by atoms with van der Waals surface area (Å²) in [6, 6.07) is -0.651. The third kappa shape index (κ3) is 8.70. The highest BCUT2D eigenvalue weighted by atomic mass is 16.5. The smallest absolute Gasteiger partial charge is 0.323 e. The molecule has 0 aromatic heterocycles. The number of carbonyl (C=O) groups excluding carboxylic acids is 1. The molecular weight excluding hydrogens is 484 g/mol. The Morgan fingerprint density at radius 3 is 2.59 bits per heavy atom. The maximum atomic E-state index is 12.6. The van der Waals surface area contributed by atoms with Crippen molar-refractivity contribution >= 4 is 11.9 Å². The SMILES string of the molecule is C=C1CC[C@H](OC(=O)[C@H](N)CCCN=C(N)N)C/C1=C/C=C1\CCC[C@]2(C)[C@@H]([C@H](C)CCCC(C)C)CC[C@@H]12. The van der Waals surface area contributed by atoms with Crippen LogP contribution < -0.4 is 17.2 Å². The Hall–Kier alpha value is -2.08. The van der Waals surface area contributed by atoms with Crippen LogP contribution in [-0.4, -0.2) is 30.6 Å². The van der Waals surface area contributed by atoms with E-state index >= 15 is 0 Å². The van der Waals surface area contributed by atoms with Gasteiger partial charge >= 0.3 is 5.97 Å². The van der Waals surface area contributed by atoms with Gasteiger partial charge in [-0.25, -0.2) is 0 Å². The Labute approximate surface area is 238 Å². The molecule has 0 bridgehead atoms. The second kappa shape index (κ2) is 14.5. The molecule has 0 aromatic rings. The Morgan fingerprint density at radius 1 is 1.10 bits per heavy atom. The van der Waals surface area contributed by atoms with E-state index in [4.69, 9.17) is 21.9 Å². The maximum Gasteiger partial charge on any atom is 0.323 e. The minimum Gasteiger partial charge on any atom is -0.461 e. The number of esters is 1. The summed E-state index contributed by atoms with van der Waals surface area (Å²) in [5.41, 5.74) is 21.2. The molecule has 6 atom stereocenters. The first kappa shape index (κ1) is 31.4. The Kier molecular flexibility index (Phi) is 11.7. The van der Waals surface area contributed by atoms with Crippen molar-refractivity contribution < 1.29 is 9.53 Å². The first-order valence-electron chi connectivity index (χ1n) is 15.6. The molecule has 0 aliphatic heterocycles. The molecule has 3 aliphatic rings. The van der Waals surface area contributed by atoms with Crippen LogP contribution in [0.3, 0.4) is 0 Å². The van der Waals surface area contributed by atoms with Gasteiger partial charge in [0, 0.05) is 13.0 Å². The van der Waals surface area contributed by atoms with Gasteiger partial charge in [-0.3, -0.25) is 9.79 Å². The molecule has 0 amide bonds. The second-order valence-electron chi connectivity index (χ2n) is 13.3. The zero-order valence-electron chi connectivity index (χ0n) is 25.2. The summed E-state index contributed by atoms with van der Waals surface area (Å²) in [4.78, 5) is 16.5. The van der Waals surface area contributed by atoms with Crippen LogP contribution in [0.1, 0.15) is 111 Å². The van der Waals surface area contributed by atoms with Crippen LogP contribution in [0.25, 0.3) is 0 Å². The lowest BCUT2D eigenvalue weighted by Gasteiger charge is -2.44.